The topological polar surface area (TPSA) is 75.3 Å². The number of fused-ring (bicyclic) bond motifs is 3. The zero-order valence-corrected chi connectivity index (χ0v) is 17.2. The first-order valence-electron chi connectivity index (χ1n) is 10.0. The summed E-state index contributed by atoms with van der Waals surface area (Å²) in [6.45, 7) is 3.84. The number of pyridine rings is 2. The molecule has 5 rings (SSSR count). The first-order valence-corrected chi connectivity index (χ1v) is 10.0. The molecule has 31 heavy (non-hydrogen) atoms. The SMILES string of the molecule is CC(C)(C#N)c1ccc(-c2ncnc3cnc4ccc(-c5cccnc5)cc4c23)cc1. The quantitative estimate of drug-likeness (QED) is 0.362. The van der Waals surface area contributed by atoms with Gasteiger partial charge >= 0.3 is 0 Å². The molecule has 0 N–H and O–H groups in total. The lowest BCUT2D eigenvalue weighted by molar-refractivity contribution is 0.687. The highest BCUT2D eigenvalue weighted by Gasteiger charge is 2.20. The molecule has 0 aliphatic heterocycles. The van der Waals surface area contributed by atoms with Gasteiger partial charge in [0, 0.05) is 34.3 Å². The normalized spacial score (nSPS) is 11.5. The standard InChI is InChI=1S/C26H19N5/c1-26(2,15-27)20-8-5-17(6-9-20)25-24-21-12-18(19-4-3-11-28-13-19)7-10-22(21)29-14-23(24)30-16-31-25/h3-14,16H,1-2H3. The number of hydrogen-bond acceptors (Lipinski definition) is 5. The molecular formula is C26H19N5. The molecular weight excluding hydrogens is 382 g/mol. The van der Waals surface area contributed by atoms with E-state index >= 15 is 0 Å². The molecule has 0 saturated heterocycles. The van der Waals surface area contributed by atoms with E-state index in [1.54, 1.807) is 18.7 Å². The van der Waals surface area contributed by atoms with Gasteiger partial charge in [0.1, 0.15) is 6.33 Å². The number of benzene rings is 2. The van der Waals surface area contributed by atoms with Crippen LogP contribution in [0.25, 0.3) is 44.2 Å². The first-order chi connectivity index (χ1) is 15.1. The van der Waals surface area contributed by atoms with Crippen molar-refractivity contribution in [3.8, 4) is 28.5 Å². The maximum Gasteiger partial charge on any atom is 0.116 e. The summed E-state index contributed by atoms with van der Waals surface area (Å²) in [6, 6.07) is 20.6. The Hall–Kier alpha value is -4.17. The summed E-state index contributed by atoms with van der Waals surface area (Å²) in [5, 5.41) is 11.4. The van der Waals surface area contributed by atoms with E-state index in [-0.39, 0.29) is 0 Å². The number of nitrogens with zero attached hydrogens (tertiary/aromatic N) is 5. The van der Waals surface area contributed by atoms with Crippen LogP contribution in [-0.2, 0) is 5.41 Å². The largest absolute Gasteiger partial charge is 0.264 e. The molecule has 5 heteroatoms. The Labute approximate surface area is 180 Å². The van der Waals surface area contributed by atoms with Gasteiger partial charge in [0.2, 0.25) is 0 Å². The average molecular weight is 401 g/mol. The molecule has 3 aromatic heterocycles. The Bertz CT molecular complexity index is 1450. The Morgan fingerprint density at radius 1 is 0.806 bits per heavy atom. The number of aromatic nitrogens is 4. The van der Waals surface area contributed by atoms with E-state index < -0.39 is 5.41 Å². The molecule has 5 aromatic rings. The van der Waals surface area contributed by atoms with Crippen LogP contribution in [0.4, 0.5) is 0 Å². The lowest BCUT2D eigenvalue weighted by Crippen LogP contribution is -2.13. The van der Waals surface area contributed by atoms with Crippen molar-refractivity contribution in [3.63, 3.8) is 0 Å². The minimum absolute atomic E-state index is 0.540. The fourth-order valence-electron chi connectivity index (χ4n) is 3.78. The Morgan fingerprint density at radius 2 is 1.61 bits per heavy atom. The molecule has 0 bridgehead atoms. The summed E-state index contributed by atoms with van der Waals surface area (Å²) in [6.07, 6.45) is 6.99. The molecule has 0 radical (unpaired) electrons. The van der Waals surface area contributed by atoms with Gasteiger partial charge in [-0.3, -0.25) is 9.97 Å². The third-order valence-corrected chi connectivity index (χ3v) is 5.62. The van der Waals surface area contributed by atoms with Crippen molar-refractivity contribution in [1.82, 2.24) is 19.9 Å². The van der Waals surface area contributed by atoms with Crippen molar-refractivity contribution in [1.29, 1.82) is 5.26 Å². The van der Waals surface area contributed by atoms with Crippen molar-refractivity contribution >= 4 is 21.8 Å². The number of hydrogen-bond donors (Lipinski definition) is 0. The summed E-state index contributed by atoms with van der Waals surface area (Å²) in [5.74, 6) is 0. The molecule has 0 aliphatic carbocycles. The maximum atomic E-state index is 9.43. The summed E-state index contributed by atoms with van der Waals surface area (Å²) in [5.41, 5.74) is 6.05. The van der Waals surface area contributed by atoms with Gasteiger partial charge in [-0.05, 0) is 43.2 Å². The van der Waals surface area contributed by atoms with Gasteiger partial charge < -0.3 is 0 Å². The van der Waals surface area contributed by atoms with E-state index in [2.05, 4.69) is 38.1 Å². The maximum absolute atomic E-state index is 9.43. The fraction of sp³-hybridized carbons (Fsp3) is 0.115. The van der Waals surface area contributed by atoms with E-state index in [0.29, 0.717) is 0 Å². The second kappa shape index (κ2) is 7.26. The Balaban J connectivity index is 1.74. The summed E-state index contributed by atoms with van der Waals surface area (Å²) in [4.78, 5) is 17.9. The smallest absolute Gasteiger partial charge is 0.116 e. The molecule has 0 aliphatic rings. The molecule has 0 fully saturated rings. The number of nitriles is 1. The van der Waals surface area contributed by atoms with Crippen LogP contribution >= 0.6 is 0 Å². The monoisotopic (exact) mass is 401 g/mol. The van der Waals surface area contributed by atoms with Gasteiger partial charge in [-0.15, -0.1) is 0 Å². The Kier molecular flexibility index (Phi) is 4.41. The molecule has 0 atom stereocenters. The third-order valence-electron chi connectivity index (χ3n) is 5.62. The van der Waals surface area contributed by atoms with Crippen molar-refractivity contribution < 1.29 is 0 Å². The molecule has 0 saturated carbocycles. The molecule has 148 valence electrons. The molecule has 5 nitrogen and oxygen atoms in total. The second-order valence-electron chi connectivity index (χ2n) is 8.03. The lowest BCUT2D eigenvalue weighted by atomic mass is 9.85. The van der Waals surface area contributed by atoms with Gasteiger partial charge in [-0.25, -0.2) is 9.97 Å². The van der Waals surface area contributed by atoms with Crippen LogP contribution in [0.15, 0.2) is 79.5 Å². The molecule has 0 spiro atoms. The van der Waals surface area contributed by atoms with Crippen molar-refractivity contribution in [2.75, 3.05) is 0 Å². The summed E-state index contributed by atoms with van der Waals surface area (Å²) < 4.78 is 0. The minimum atomic E-state index is -0.540. The first kappa shape index (κ1) is 18.8. The van der Waals surface area contributed by atoms with E-state index in [0.717, 1.165) is 49.8 Å². The molecule has 0 unspecified atom stereocenters. The van der Waals surface area contributed by atoms with E-state index in [1.165, 1.54) is 0 Å². The van der Waals surface area contributed by atoms with E-state index in [4.69, 9.17) is 0 Å². The molecule has 3 heterocycles. The van der Waals surface area contributed by atoms with Crippen LogP contribution < -0.4 is 0 Å². The lowest BCUT2D eigenvalue weighted by Gasteiger charge is -2.16. The van der Waals surface area contributed by atoms with Crippen LogP contribution in [0.2, 0.25) is 0 Å². The Morgan fingerprint density at radius 3 is 2.35 bits per heavy atom. The van der Waals surface area contributed by atoms with Gasteiger partial charge in [-0.1, -0.05) is 36.4 Å². The van der Waals surface area contributed by atoms with Crippen molar-refractivity contribution in [2.45, 2.75) is 19.3 Å². The summed E-state index contributed by atoms with van der Waals surface area (Å²) >= 11 is 0. The zero-order valence-electron chi connectivity index (χ0n) is 17.2. The van der Waals surface area contributed by atoms with Crippen LogP contribution in [0.3, 0.4) is 0 Å². The number of rotatable bonds is 3. The second-order valence-corrected chi connectivity index (χ2v) is 8.03. The summed E-state index contributed by atoms with van der Waals surface area (Å²) in [7, 11) is 0. The van der Waals surface area contributed by atoms with Crippen molar-refractivity contribution in [2.24, 2.45) is 0 Å². The molecule has 2 aromatic carbocycles. The highest BCUT2D eigenvalue weighted by Crippen LogP contribution is 2.34. The van der Waals surface area contributed by atoms with E-state index in [1.807, 2.05) is 62.5 Å². The highest BCUT2D eigenvalue weighted by molar-refractivity contribution is 6.11. The zero-order chi connectivity index (χ0) is 21.4. The third kappa shape index (κ3) is 3.28. The average Bonchev–Trinajstić information content (AvgIpc) is 2.84. The highest BCUT2D eigenvalue weighted by atomic mass is 14.8. The molecule has 0 amide bonds. The van der Waals surface area contributed by atoms with Crippen LogP contribution in [0, 0.1) is 11.3 Å². The minimum Gasteiger partial charge on any atom is -0.264 e. The van der Waals surface area contributed by atoms with Crippen LogP contribution in [0.1, 0.15) is 19.4 Å². The van der Waals surface area contributed by atoms with Gasteiger partial charge in [0.15, 0.2) is 0 Å². The predicted molar refractivity (Wildman–Crippen MR) is 122 cm³/mol. The van der Waals surface area contributed by atoms with Crippen LogP contribution in [0.5, 0.6) is 0 Å². The fourth-order valence-corrected chi connectivity index (χ4v) is 3.78. The van der Waals surface area contributed by atoms with Gasteiger partial charge in [0.25, 0.3) is 0 Å². The van der Waals surface area contributed by atoms with Crippen LogP contribution in [-0.4, -0.2) is 19.9 Å². The van der Waals surface area contributed by atoms with E-state index in [9.17, 15) is 5.26 Å². The predicted octanol–water partition coefficient (Wildman–Crippen LogP) is 5.71. The van der Waals surface area contributed by atoms with Gasteiger partial charge in [-0.2, -0.15) is 5.26 Å². The van der Waals surface area contributed by atoms with Gasteiger partial charge in [0.05, 0.1) is 34.4 Å². The van der Waals surface area contributed by atoms with Crippen molar-refractivity contribution in [3.05, 3.63) is 85.1 Å².